The normalized spacial score (nSPS) is 17.4. The number of carbonyl (C=O) groups is 2. The number of carbonyl (C=O) groups excluding carboxylic acids is 1. The molecule has 12 heteroatoms. The van der Waals surface area contributed by atoms with Gasteiger partial charge in [-0.15, -0.1) is 0 Å². The molecule has 1 aromatic carbocycles. The van der Waals surface area contributed by atoms with Crippen molar-refractivity contribution in [3.63, 3.8) is 0 Å². The first-order valence-electron chi connectivity index (χ1n) is 10.5. The zero-order valence-electron chi connectivity index (χ0n) is 17.7. The molecule has 1 saturated heterocycles. The highest BCUT2D eigenvalue weighted by atomic mass is 19.4. The molecule has 1 amide bonds. The lowest BCUT2D eigenvalue weighted by Gasteiger charge is -2.27. The lowest BCUT2D eigenvalue weighted by molar-refractivity contribution is -0.192. The minimum absolute atomic E-state index is 0.0740. The molecule has 2 aromatic rings. The van der Waals surface area contributed by atoms with E-state index in [1.165, 1.54) is 5.56 Å². The monoisotopic (exact) mass is 468 g/mol. The zero-order chi connectivity index (χ0) is 23.6. The van der Waals surface area contributed by atoms with Gasteiger partial charge >= 0.3 is 12.1 Å². The quantitative estimate of drug-likeness (QED) is 0.713. The first kappa shape index (κ1) is 22.9. The van der Waals surface area contributed by atoms with Crippen molar-refractivity contribution in [3.05, 3.63) is 40.7 Å². The second-order valence-electron chi connectivity index (χ2n) is 7.98. The van der Waals surface area contributed by atoms with E-state index in [1.807, 2.05) is 17.0 Å². The summed E-state index contributed by atoms with van der Waals surface area (Å²) in [5.74, 6) is -1.06. The largest absolute Gasteiger partial charge is 0.490 e. The molecule has 0 radical (unpaired) electrons. The average molecular weight is 468 g/mol. The SMILES string of the molecule is O=C(O)C(F)(F)F.O=C(c1n[nH]c2c1CN(Cc1ccc3c(c1)OCO3)CC2)N1CCCC1. The summed E-state index contributed by atoms with van der Waals surface area (Å²) < 4.78 is 42.6. The van der Waals surface area contributed by atoms with E-state index in [9.17, 15) is 18.0 Å². The van der Waals surface area contributed by atoms with Gasteiger partial charge in [0.25, 0.3) is 5.91 Å². The van der Waals surface area contributed by atoms with Gasteiger partial charge in [0.05, 0.1) is 0 Å². The predicted octanol–water partition coefficient (Wildman–Crippen LogP) is 2.57. The van der Waals surface area contributed by atoms with Crippen LogP contribution in [0.1, 0.15) is 40.2 Å². The molecule has 4 heterocycles. The number of amides is 1. The summed E-state index contributed by atoms with van der Waals surface area (Å²) in [7, 11) is 0. The van der Waals surface area contributed by atoms with Crippen molar-refractivity contribution in [1.82, 2.24) is 20.0 Å². The van der Waals surface area contributed by atoms with Crippen molar-refractivity contribution in [2.24, 2.45) is 0 Å². The number of aliphatic carboxylic acids is 1. The van der Waals surface area contributed by atoms with Crippen LogP contribution in [0, 0.1) is 0 Å². The van der Waals surface area contributed by atoms with Crippen LogP contribution in [-0.2, 0) is 24.3 Å². The van der Waals surface area contributed by atoms with Crippen LogP contribution >= 0.6 is 0 Å². The maximum Gasteiger partial charge on any atom is 0.490 e. The fourth-order valence-electron chi connectivity index (χ4n) is 4.03. The minimum Gasteiger partial charge on any atom is -0.475 e. The predicted molar refractivity (Wildman–Crippen MR) is 108 cm³/mol. The van der Waals surface area contributed by atoms with Crippen molar-refractivity contribution in [1.29, 1.82) is 0 Å². The van der Waals surface area contributed by atoms with Gasteiger partial charge in [-0.1, -0.05) is 6.07 Å². The first-order valence-corrected chi connectivity index (χ1v) is 10.5. The molecule has 33 heavy (non-hydrogen) atoms. The lowest BCUT2D eigenvalue weighted by Crippen LogP contribution is -2.33. The molecule has 0 spiro atoms. The molecule has 2 N–H and O–H groups in total. The lowest BCUT2D eigenvalue weighted by atomic mass is 10.0. The van der Waals surface area contributed by atoms with Crippen LogP contribution in [-0.4, -0.2) is 69.6 Å². The zero-order valence-corrected chi connectivity index (χ0v) is 17.7. The molecule has 0 bridgehead atoms. The van der Waals surface area contributed by atoms with Crippen molar-refractivity contribution in [2.45, 2.75) is 38.5 Å². The van der Waals surface area contributed by atoms with Crippen molar-refractivity contribution in [3.8, 4) is 11.5 Å². The Bertz CT molecular complexity index is 1030. The number of hydrogen-bond donors (Lipinski definition) is 2. The maximum atomic E-state index is 12.8. The molecule has 1 fully saturated rings. The Morgan fingerprint density at radius 2 is 1.82 bits per heavy atom. The summed E-state index contributed by atoms with van der Waals surface area (Å²) in [5, 5.41) is 14.6. The van der Waals surface area contributed by atoms with Gasteiger partial charge in [0.15, 0.2) is 17.2 Å². The van der Waals surface area contributed by atoms with E-state index in [4.69, 9.17) is 19.4 Å². The molecule has 3 aliphatic heterocycles. The summed E-state index contributed by atoms with van der Waals surface area (Å²) >= 11 is 0. The van der Waals surface area contributed by atoms with E-state index in [-0.39, 0.29) is 5.91 Å². The molecular formula is C21H23F3N4O5. The maximum absolute atomic E-state index is 12.8. The molecule has 0 unspecified atom stereocenters. The van der Waals surface area contributed by atoms with Gasteiger partial charge in [-0.3, -0.25) is 14.8 Å². The van der Waals surface area contributed by atoms with E-state index in [0.717, 1.165) is 74.7 Å². The Morgan fingerprint density at radius 3 is 2.52 bits per heavy atom. The van der Waals surface area contributed by atoms with Gasteiger partial charge in [-0.2, -0.15) is 18.3 Å². The second-order valence-corrected chi connectivity index (χ2v) is 7.98. The Labute approximate surface area is 187 Å². The summed E-state index contributed by atoms with van der Waals surface area (Å²) in [4.78, 5) is 25.9. The van der Waals surface area contributed by atoms with E-state index in [0.29, 0.717) is 12.5 Å². The Balaban J connectivity index is 0.000000325. The van der Waals surface area contributed by atoms with E-state index in [1.54, 1.807) is 0 Å². The Kier molecular flexibility index (Phi) is 6.45. The van der Waals surface area contributed by atoms with Crippen LogP contribution < -0.4 is 9.47 Å². The molecule has 0 saturated carbocycles. The number of nitrogens with one attached hydrogen (secondary N) is 1. The molecule has 178 valence electrons. The molecule has 5 rings (SSSR count). The van der Waals surface area contributed by atoms with Crippen molar-refractivity contribution < 1.29 is 37.3 Å². The fraction of sp³-hybridized carbons (Fsp3) is 0.476. The topological polar surface area (TPSA) is 108 Å². The van der Waals surface area contributed by atoms with Gasteiger partial charge in [0.2, 0.25) is 6.79 Å². The molecular weight excluding hydrogens is 445 g/mol. The third-order valence-corrected chi connectivity index (χ3v) is 5.69. The number of ether oxygens (including phenoxy) is 2. The third-order valence-electron chi connectivity index (χ3n) is 5.69. The molecule has 9 nitrogen and oxygen atoms in total. The number of aromatic nitrogens is 2. The van der Waals surface area contributed by atoms with Crippen LogP contribution in [0.3, 0.4) is 0 Å². The minimum atomic E-state index is -5.08. The summed E-state index contributed by atoms with van der Waals surface area (Å²) in [6.07, 6.45) is -2.01. The van der Waals surface area contributed by atoms with Crippen LogP contribution in [0.25, 0.3) is 0 Å². The third kappa shape index (κ3) is 5.21. The van der Waals surface area contributed by atoms with Crippen molar-refractivity contribution in [2.75, 3.05) is 26.4 Å². The van der Waals surface area contributed by atoms with Gasteiger partial charge in [0, 0.05) is 50.4 Å². The number of likely N-dealkylation sites (tertiary alicyclic amines) is 1. The summed E-state index contributed by atoms with van der Waals surface area (Å²) in [6.45, 7) is 4.50. The van der Waals surface area contributed by atoms with Crippen LogP contribution in [0.4, 0.5) is 13.2 Å². The van der Waals surface area contributed by atoms with E-state index in [2.05, 4.69) is 21.2 Å². The molecule has 0 aliphatic carbocycles. The standard InChI is InChI=1S/C19H22N4O3.C2HF3O2/c24-19(23-6-1-2-7-23)18-14-11-22(8-5-15(14)20-21-18)10-13-3-4-16-17(9-13)26-12-25-16;3-2(4,5)1(6)7/h3-4,9H,1-2,5-8,10-12H2,(H,20,21);(H,6,7). The van der Waals surface area contributed by atoms with E-state index >= 15 is 0 Å². The number of H-pyrrole nitrogens is 1. The highest BCUT2D eigenvalue weighted by Crippen LogP contribution is 2.33. The number of carboxylic acids is 1. The average Bonchev–Trinajstić information content (AvgIpc) is 3.53. The number of halogens is 3. The number of nitrogens with zero attached hydrogens (tertiary/aromatic N) is 3. The molecule has 0 atom stereocenters. The number of hydrogen-bond acceptors (Lipinski definition) is 6. The van der Waals surface area contributed by atoms with Gasteiger partial charge in [-0.25, -0.2) is 4.79 Å². The van der Waals surface area contributed by atoms with Gasteiger partial charge in [-0.05, 0) is 30.5 Å². The number of aromatic amines is 1. The highest BCUT2D eigenvalue weighted by Gasteiger charge is 2.38. The Hall–Kier alpha value is -3.28. The second kappa shape index (κ2) is 9.30. The molecule has 3 aliphatic rings. The van der Waals surface area contributed by atoms with Crippen LogP contribution in [0.15, 0.2) is 18.2 Å². The van der Waals surface area contributed by atoms with Gasteiger partial charge in [0.1, 0.15) is 0 Å². The van der Waals surface area contributed by atoms with Crippen LogP contribution in [0.5, 0.6) is 11.5 Å². The number of fused-ring (bicyclic) bond motifs is 2. The Morgan fingerprint density at radius 1 is 1.12 bits per heavy atom. The van der Waals surface area contributed by atoms with Crippen LogP contribution in [0.2, 0.25) is 0 Å². The number of carboxylic acid groups (broad SMARTS) is 1. The number of rotatable bonds is 3. The summed E-state index contributed by atoms with van der Waals surface area (Å²) in [6, 6.07) is 6.09. The van der Waals surface area contributed by atoms with Gasteiger partial charge < -0.3 is 19.5 Å². The van der Waals surface area contributed by atoms with Crippen molar-refractivity contribution >= 4 is 11.9 Å². The number of alkyl halides is 3. The number of benzene rings is 1. The smallest absolute Gasteiger partial charge is 0.475 e. The summed E-state index contributed by atoms with van der Waals surface area (Å²) in [5.41, 5.74) is 3.97. The first-order chi connectivity index (χ1) is 15.7. The fourth-order valence-corrected chi connectivity index (χ4v) is 4.03. The van der Waals surface area contributed by atoms with E-state index < -0.39 is 12.1 Å². The molecule has 1 aromatic heterocycles. The highest BCUT2D eigenvalue weighted by molar-refractivity contribution is 5.94.